The zero-order chi connectivity index (χ0) is 25.6. The van der Waals surface area contributed by atoms with Crippen molar-refractivity contribution in [3.8, 4) is 0 Å². The van der Waals surface area contributed by atoms with Gasteiger partial charge in [-0.15, -0.1) is 0 Å². The van der Waals surface area contributed by atoms with Crippen molar-refractivity contribution in [3.63, 3.8) is 0 Å². The molecule has 0 radical (unpaired) electrons. The number of aromatic nitrogens is 3. The molecule has 0 aliphatic carbocycles. The summed E-state index contributed by atoms with van der Waals surface area (Å²) in [6.45, 7) is -0.688. The van der Waals surface area contributed by atoms with Gasteiger partial charge in [0.25, 0.3) is 5.91 Å². The summed E-state index contributed by atoms with van der Waals surface area (Å²) in [6.07, 6.45) is -2.55. The fourth-order valence-electron chi connectivity index (χ4n) is 4.05. The van der Waals surface area contributed by atoms with Gasteiger partial charge in [0.15, 0.2) is 11.9 Å². The maximum atomic E-state index is 12.6. The van der Waals surface area contributed by atoms with E-state index in [1.54, 1.807) is 35.1 Å². The van der Waals surface area contributed by atoms with Crippen molar-refractivity contribution < 1.29 is 32.3 Å². The summed E-state index contributed by atoms with van der Waals surface area (Å²) in [5.74, 6) is -0.988. The molecule has 0 unspecified atom stereocenters. The Labute approximate surface area is 204 Å². The van der Waals surface area contributed by atoms with E-state index in [0.717, 1.165) is 5.39 Å². The van der Waals surface area contributed by atoms with Crippen LogP contribution in [0.3, 0.4) is 0 Å². The molecule has 1 aliphatic rings. The highest BCUT2D eigenvalue weighted by molar-refractivity contribution is 7.85. The number of nitrogens with two attached hydrogens (primary N) is 2. The third-order valence-corrected chi connectivity index (χ3v) is 6.75. The van der Waals surface area contributed by atoms with Crippen molar-refractivity contribution in [3.05, 3.63) is 60.6 Å². The third kappa shape index (κ3) is 4.31. The number of hydrogen-bond acceptors (Lipinski definition) is 11. The Morgan fingerprint density at radius 3 is 2.56 bits per heavy atom. The number of anilines is 2. The highest BCUT2D eigenvalue weighted by Gasteiger charge is 2.45. The minimum atomic E-state index is -4.61. The minimum absolute atomic E-state index is 0.0488. The van der Waals surface area contributed by atoms with Crippen LogP contribution in [0.1, 0.15) is 16.6 Å². The molecule has 3 heterocycles. The number of nitrogens with zero attached hydrogens (tertiary/aromatic N) is 3. The zero-order valence-corrected chi connectivity index (χ0v) is 19.4. The second kappa shape index (κ2) is 9.00. The lowest BCUT2D eigenvalue weighted by atomic mass is 10.0. The van der Waals surface area contributed by atoms with Crippen LogP contribution in [-0.4, -0.2) is 64.0 Å². The first kappa shape index (κ1) is 23.9. The number of aliphatic hydroxyl groups is 2. The van der Waals surface area contributed by atoms with Crippen LogP contribution in [-0.2, 0) is 19.2 Å². The van der Waals surface area contributed by atoms with E-state index in [-0.39, 0.29) is 11.3 Å². The smallest absolute Gasteiger partial charge is 0.362 e. The number of nitrogens with one attached hydrogen (secondary N) is 1. The van der Waals surface area contributed by atoms with Crippen LogP contribution in [0.2, 0.25) is 0 Å². The molecule has 14 heteroatoms. The molecule has 36 heavy (non-hydrogen) atoms. The molecule has 7 N–H and O–H groups in total. The van der Waals surface area contributed by atoms with E-state index in [0.29, 0.717) is 22.2 Å². The maximum Gasteiger partial charge on any atom is 0.362 e. The third-order valence-electron chi connectivity index (χ3n) is 5.87. The van der Waals surface area contributed by atoms with Crippen LogP contribution < -0.4 is 16.2 Å². The van der Waals surface area contributed by atoms with Crippen molar-refractivity contribution in [1.82, 2.24) is 19.3 Å². The van der Waals surface area contributed by atoms with Gasteiger partial charge in [-0.25, -0.2) is 14.7 Å². The molecule has 1 fully saturated rings. The molecule has 0 bridgehead atoms. The van der Waals surface area contributed by atoms with E-state index in [1.165, 1.54) is 23.2 Å². The Morgan fingerprint density at radius 2 is 1.81 bits per heavy atom. The molecule has 2 aromatic carbocycles. The van der Waals surface area contributed by atoms with Gasteiger partial charge in [-0.05, 0) is 29.0 Å². The summed E-state index contributed by atoms with van der Waals surface area (Å²) in [6, 6.07) is 11.7. The number of ether oxygens (including phenoxy) is 1. The van der Waals surface area contributed by atoms with Gasteiger partial charge in [0.05, 0.1) is 24.2 Å². The van der Waals surface area contributed by atoms with E-state index in [9.17, 15) is 23.4 Å². The maximum absolute atomic E-state index is 12.6. The van der Waals surface area contributed by atoms with Gasteiger partial charge < -0.3 is 26.4 Å². The van der Waals surface area contributed by atoms with Crippen molar-refractivity contribution in [1.29, 1.82) is 0 Å². The van der Waals surface area contributed by atoms with E-state index in [1.807, 2.05) is 6.07 Å². The van der Waals surface area contributed by atoms with Crippen LogP contribution in [0.5, 0.6) is 0 Å². The van der Waals surface area contributed by atoms with Gasteiger partial charge in [-0.3, -0.25) is 13.5 Å². The summed E-state index contributed by atoms with van der Waals surface area (Å²) in [5, 5.41) is 22.4. The van der Waals surface area contributed by atoms with Gasteiger partial charge in [0.1, 0.15) is 23.8 Å². The Hall–Kier alpha value is -3.82. The van der Waals surface area contributed by atoms with Gasteiger partial charge >= 0.3 is 10.3 Å². The van der Waals surface area contributed by atoms with Crippen molar-refractivity contribution in [2.45, 2.75) is 24.5 Å². The summed E-state index contributed by atoms with van der Waals surface area (Å²) in [4.78, 5) is 20.9. The summed E-state index contributed by atoms with van der Waals surface area (Å²) >= 11 is 0. The molecule has 1 aliphatic heterocycles. The second-order valence-corrected chi connectivity index (χ2v) is 9.58. The van der Waals surface area contributed by atoms with Crippen LogP contribution in [0, 0.1) is 0 Å². The molecule has 4 aromatic rings. The minimum Gasteiger partial charge on any atom is -0.398 e. The lowest BCUT2D eigenvalue weighted by Crippen LogP contribution is -2.38. The molecule has 0 spiro atoms. The van der Waals surface area contributed by atoms with Crippen molar-refractivity contribution >= 4 is 49.5 Å². The number of pyridine rings is 1. The molecule has 0 saturated carbocycles. The van der Waals surface area contributed by atoms with Crippen LogP contribution in [0.4, 0.5) is 11.4 Å². The Balaban J connectivity index is 1.27. The first-order valence-corrected chi connectivity index (χ1v) is 12.1. The fraction of sp³-hybridized carbons (Fsp3) is 0.227. The van der Waals surface area contributed by atoms with Crippen LogP contribution in [0.15, 0.2) is 55.0 Å². The molecule has 4 atom stereocenters. The van der Waals surface area contributed by atoms with E-state index in [2.05, 4.69) is 9.97 Å². The summed E-state index contributed by atoms with van der Waals surface area (Å²) in [5.41, 5.74) is 12.9. The lowest BCUT2D eigenvalue weighted by Gasteiger charge is -2.16. The zero-order valence-electron chi connectivity index (χ0n) is 18.6. The highest BCUT2D eigenvalue weighted by atomic mass is 32.2. The first-order chi connectivity index (χ1) is 17.1. The monoisotopic (exact) mass is 514 g/mol. The van der Waals surface area contributed by atoms with Crippen LogP contribution in [0.25, 0.3) is 21.9 Å². The number of hydrogen-bond donors (Lipinski definition) is 5. The predicted octanol–water partition coefficient (Wildman–Crippen LogP) is 0.0595. The molecular formula is C22H22N6O7S. The molecule has 1 amide bonds. The molecule has 13 nitrogen and oxygen atoms in total. The summed E-state index contributed by atoms with van der Waals surface area (Å²) in [7, 11) is -4.61. The van der Waals surface area contributed by atoms with Crippen molar-refractivity contribution in [2.75, 3.05) is 18.1 Å². The second-order valence-electron chi connectivity index (χ2n) is 8.23. The predicted molar refractivity (Wildman–Crippen MR) is 129 cm³/mol. The SMILES string of the molecule is Nc1cc2ccccc2cc1C(=O)NS(=O)(=O)OC[C@H]1O[C@@H](n2cnc3c(N)ccnc32)[C@H](O)[C@@H]1O. The summed E-state index contributed by atoms with van der Waals surface area (Å²) < 4.78 is 38.5. The van der Waals surface area contributed by atoms with E-state index < -0.39 is 47.4 Å². The van der Waals surface area contributed by atoms with Crippen LogP contribution >= 0.6 is 0 Å². The highest BCUT2D eigenvalue weighted by Crippen LogP contribution is 2.32. The average Bonchev–Trinajstić information content (AvgIpc) is 3.39. The Morgan fingerprint density at radius 1 is 1.08 bits per heavy atom. The van der Waals surface area contributed by atoms with Gasteiger partial charge in [0.2, 0.25) is 0 Å². The molecule has 1 saturated heterocycles. The number of aliphatic hydroxyl groups excluding tert-OH is 2. The number of fused-ring (bicyclic) bond motifs is 2. The number of amides is 1. The fourth-order valence-corrected chi connectivity index (χ4v) is 4.75. The Bertz CT molecular complexity index is 1570. The van der Waals surface area contributed by atoms with E-state index >= 15 is 0 Å². The van der Waals surface area contributed by atoms with Gasteiger partial charge in [0, 0.05) is 11.9 Å². The number of rotatable bonds is 6. The van der Waals surface area contributed by atoms with Crippen molar-refractivity contribution in [2.24, 2.45) is 0 Å². The lowest BCUT2D eigenvalue weighted by molar-refractivity contribution is -0.0468. The molecule has 2 aromatic heterocycles. The number of nitrogen functional groups attached to an aromatic ring is 2. The number of benzene rings is 2. The standard InChI is InChI=1S/C22H22N6O7S/c23-14-5-6-25-20-17(14)26-10-28(20)22-19(30)18(29)16(35-22)9-34-36(32,33)27-21(31)13-7-11-3-1-2-4-12(11)8-15(13)24/h1-8,10,16,18-19,22,29-30H,9,24H2,(H2,23,25)(H,27,31)/t16-,18-,19-,22-/m1/s1. The first-order valence-electron chi connectivity index (χ1n) is 10.7. The number of carbonyl (C=O) groups is 1. The average molecular weight is 515 g/mol. The van der Waals surface area contributed by atoms with Gasteiger partial charge in [-0.1, -0.05) is 24.3 Å². The largest absolute Gasteiger partial charge is 0.398 e. The molecule has 5 rings (SSSR count). The molecule has 188 valence electrons. The normalized spacial score (nSPS) is 22.3. The van der Waals surface area contributed by atoms with Gasteiger partial charge in [-0.2, -0.15) is 8.42 Å². The Kier molecular flexibility index (Phi) is 5.97. The number of carbonyl (C=O) groups excluding carboxylic acids is 1. The van der Waals surface area contributed by atoms with E-state index in [4.69, 9.17) is 20.4 Å². The topological polar surface area (TPSA) is 205 Å². The molecular weight excluding hydrogens is 492 g/mol. The quantitative estimate of drug-likeness (QED) is 0.217. The number of imidazole rings is 1.